The van der Waals surface area contributed by atoms with E-state index in [4.69, 9.17) is 10.5 Å². The van der Waals surface area contributed by atoms with Crippen LogP contribution in [0.5, 0.6) is 5.75 Å². The third-order valence-corrected chi connectivity index (χ3v) is 5.24. The maximum absolute atomic E-state index is 6.57. The van der Waals surface area contributed by atoms with Crippen molar-refractivity contribution >= 4 is 15.9 Å². The fourth-order valence-corrected chi connectivity index (χ4v) is 3.86. The third kappa shape index (κ3) is 3.32. The van der Waals surface area contributed by atoms with Gasteiger partial charge in [-0.3, -0.25) is 0 Å². The smallest absolute Gasteiger partial charge is 0.119 e. The molecule has 2 rings (SSSR count). The monoisotopic (exact) mass is 325 g/mol. The van der Waals surface area contributed by atoms with Crippen LogP contribution in [0.15, 0.2) is 22.7 Å². The van der Waals surface area contributed by atoms with Crippen LogP contribution in [0.4, 0.5) is 0 Å². The number of hydrogen-bond acceptors (Lipinski definition) is 2. The molecule has 2 N–H and O–H groups in total. The van der Waals surface area contributed by atoms with Crippen molar-refractivity contribution in [1.82, 2.24) is 0 Å². The lowest BCUT2D eigenvalue weighted by Gasteiger charge is -2.35. The molecule has 3 heteroatoms. The number of halogens is 1. The normalized spacial score (nSPS) is 25.1. The van der Waals surface area contributed by atoms with Crippen LogP contribution in [0.2, 0.25) is 0 Å². The van der Waals surface area contributed by atoms with Crippen LogP contribution in [0.25, 0.3) is 0 Å². The van der Waals surface area contributed by atoms with E-state index >= 15 is 0 Å². The summed E-state index contributed by atoms with van der Waals surface area (Å²) >= 11 is 3.63. The molecule has 106 valence electrons. The Balaban J connectivity index is 2.24. The molecule has 2 nitrogen and oxygen atoms in total. The Morgan fingerprint density at radius 2 is 2.11 bits per heavy atom. The Morgan fingerprint density at radius 3 is 2.79 bits per heavy atom. The zero-order valence-electron chi connectivity index (χ0n) is 11.9. The number of benzene rings is 1. The van der Waals surface area contributed by atoms with Crippen molar-refractivity contribution in [2.75, 3.05) is 7.11 Å². The van der Waals surface area contributed by atoms with Gasteiger partial charge < -0.3 is 10.5 Å². The minimum absolute atomic E-state index is 0.106. The first-order valence-corrected chi connectivity index (χ1v) is 8.05. The lowest BCUT2D eigenvalue weighted by atomic mass is 9.72. The number of rotatable bonds is 4. The molecule has 1 saturated carbocycles. The van der Waals surface area contributed by atoms with Gasteiger partial charge in [-0.25, -0.2) is 0 Å². The number of nitrogens with two attached hydrogens (primary N) is 1. The Kier molecular flexibility index (Phi) is 5.28. The molecule has 0 bridgehead atoms. The Labute approximate surface area is 124 Å². The molecule has 0 aromatic heterocycles. The molecule has 0 amide bonds. The minimum atomic E-state index is 0.106. The second kappa shape index (κ2) is 6.76. The van der Waals surface area contributed by atoms with Crippen molar-refractivity contribution in [3.05, 3.63) is 28.2 Å². The minimum Gasteiger partial charge on any atom is -0.497 e. The average molecular weight is 326 g/mol. The van der Waals surface area contributed by atoms with E-state index in [-0.39, 0.29) is 6.04 Å². The fourth-order valence-electron chi connectivity index (χ4n) is 3.35. The van der Waals surface area contributed by atoms with E-state index in [1.54, 1.807) is 7.11 Å². The van der Waals surface area contributed by atoms with Crippen LogP contribution < -0.4 is 10.5 Å². The summed E-state index contributed by atoms with van der Waals surface area (Å²) in [6.07, 6.45) is 6.50. The quantitative estimate of drug-likeness (QED) is 0.872. The second-order valence-electron chi connectivity index (χ2n) is 5.53. The van der Waals surface area contributed by atoms with Crippen LogP contribution in [0.1, 0.15) is 50.6 Å². The molecule has 0 radical (unpaired) electrons. The van der Waals surface area contributed by atoms with Gasteiger partial charge in [-0.15, -0.1) is 0 Å². The summed E-state index contributed by atoms with van der Waals surface area (Å²) in [5.41, 5.74) is 7.76. The molecule has 0 spiro atoms. The molecule has 1 fully saturated rings. The van der Waals surface area contributed by atoms with Crippen LogP contribution in [-0.2, 0) is 0 Å². The van der Waals surface area contributed by atoms with Crippen molar-refractivity contribution in [1.29, 1.82) is 0 Å². The van der Waals surface area contributed by atoms with Gasteiger partial charge in [0.25, 0.3) is 0 Å². The largest absolute Gasteiger partial charge is 0.497 e. The van der Waals surface area contributed by atoms with Gasteiger partial charge in [-0.2, -0.15) is 0 Å². The van der Waals surface area contributed by atoms with Crippen LogP contribution in [0.3, 0.4) is 0 Å². The summed E-state index contributed by atoms with van der Waals surface area (Å²) < 4.78 is 6.42. The molecular formula is C16H24BrNO. The summed E-state index contributed by atoms with van der Waals surface area (Å²) in [5.74, 6) is 2.25. The van der Waals surface area contributed by atoms with E-state index in [0.29, 0.717) is 5.92 Å². The van der Waals surface area contributed by atoms with Gasteiger partial charge in [0.05, 0.1) is 7.11 Å². The predicted octanol–water partition coefficient (Wildman–Crippen LogP) is 4.67. The molecule has 1 aliphatic carbocycles. The van der Waals surface area contributed by atoms with Crippen molar-refractivity contribution in [2.45, 2.75) is 45.1 Å². The number of hydrogen-bond donors (Lipinski definition) is 1. The molecule has 1 aliphatic rings. The van der Waals surface area contributed by atoms with Crippen molar-refractivity contribution in [2.24, 2.45) is 17.6 Å². The maximum Gasteiger partial charge on any atom is 0.119 e. The van der Waals surface area contributed by atoms with Gasteiger partial charge in [-0.05, 0) is 42.0 Å². The maximum atomic E-state index is 6.57. The van der Waals surface area contributed by atoms with E-state index in [1.807, 2.05) is 12.1 Å². The van der Waals surface area contributed by atoms with E-state index in [0.717, 1.165) is 16.1 Å². The highest BCUT2D eigenvalue weighted by Crippen LogP contribution is 2.41. The van der Waals surface area contributed by atoms with Gasteiger partial charge in [0.15, 0.2) is 0 Å². The molecule has 1 aromatic carbocycles. The fraction of sp³-hybridized carbons (Fsp3) is 0.625. The first kappa shape index (κ1) is 14.9. The molecule has 0 aliphatic heterocycles. The zero-order valence-corrected chi connectivity index (χ0v) is 13.4. The van der Waals surface area contributed by atoms with Gasteiger partial charge in [-0.1, -0.05) is 48.5 Å². The molecule has 0 heterocycles. The summed E-state index contributed by atoms with van der Waals surface area (Å²) in [6.45, 7) is 2.29. The van der Waals surface area contributed by atoms with Gasteiger partial charge >= 0.3 is 0 Å². The highest BCUT2D eigenvalue weighted by atomic mass is 79.9. The lowest BCUT2D eigenvalue weighted by molar-refractivity contribution is 0.196. The number of methoxy groups -OCH3 is 1. The lowest BCUT2D eigenvalue weighted by Crippen LogP contribution is -2.30. The summed E-state index contributed by atoms with van der Waals surface area (Å²) in [6, 6.07) is 6.20. The Hall–Kier alpha value is -0.540. The van der Waals surface area contributed by atoms with Crippen LogP contribution >= 0.6 is 15.9 Å². The first-order chi connectivity index (χ1) is 9.17. The van der Waals surface area contributed by atoms with Gasteiger partial charge in [0.2, 0.25) is 0 Å². The zero-order chi connectivity index (χ0) is 13.8. The third-order valence-electron chi connectivity index (χ3n) is 4.52. The van der Waals surface area contributed by atoms with Crippen molar-refractivity contribution < 1.29 is 4.74 Å². The SMILES string of the molecule is CCC1CCCCC1C(N)c1cc(OC)ccc1Br. The van der Waals surface area contributed by atoms with E-state index < -0.39 is 0 Å². The number of ether oxygens (including phenoxy) is 1. The second-order valence-corrected chi connectivity index (χ2v) is 6.38. The average Bonchev–Trinajstić information content (AvgIpc) is 2.47. The van der Waals surface area contributed by atoms with Crippen molar-refractivity contribution in [3.63, 3.8) is 0 Å². The molecule has 3 atom stereocenters. The molecule has 19 heavy (non-hydrogen) atoms. The highest BCUT2D eigenvalue weighted by molar-refractivity contribution is 9.10. The molecule has 3 unspecified atom stereocenters. The molecule has 0 saturated heterocycles. The summed E-state index contributed by atoms with van der Waals surface area (Å²) in [5, 5.41) is 0. The van der Waals surface area contributed by atoms with E-state index in [2.05, 4.69) is 28.9 Å². The summed E-state index contributed by atoms with van der Waals surface area (Å²) in [7, 11) is 1.70. The highest BCUT2D eigenvalue weighted by Gasteiger charge is 2.30. The Bertz CT molecular complexity index is 421. The van der Waals surface area contributed by atoms with Crippen molar-refractivity contribution in [3.8, 4) is 5.75 Å². The van der Waals surface area contributed by atoms with E-state index in [1.165, 1.54) is 37.7 Å². The van der Waals surface area contributed by atoms with Crippen LogP contribution in [0, 0.1) is 11.8 Å². The first-order valence-electron chi connectivity index (χ1n) is 7.26. The van der Waals surface area contributed by atoms with Gasteiger partial charge in [0, 0.05) is 10.5 Å². The summed E-state index contributed by atoms with van der Waals surface area (Å²) in [4.78, 5) is 0. The standard InChI is InChI=1S/C16H24BrNO/c1-3-11-6-4-5-7-13(11)16(18)14-10-12(19-2)8-9-15(14)17/h8-11,13,16H,3-7,18H2,1-2H3. The van der Waals surface area contributed by atoms with E-state index in [9.17, 15) is 0 Å². The molecule has 1 aromatic rings. The van der Waals surface area contributed by atoms with Gasteiger partial charge in [0.1, 0.15) is 5.75 Å². The van der Waals surface area contributed by atoms with Crippen LogP contribution in [-0.4, -0.2) is 7.11 Å². The predicted molar refractivity (Wildman–Crippen MR) is 83.4 cm³/mol. The Morgan fingerprint density at radius 1 is 1.37 bits per heavy atom. The topological polar surface area (TPSA) is 35.2 Å². The molecular weight excluding hydrogens is 302 g/mol.